The number of nitrogens with zero attached hydrogens (tertiary/aromatic N) is 3. The SMILES string of the molecule is Cc1cc(C)n([C@@H]2CCN(C(=O)CCCOCc3ccccc3)C2)n1. The van der Waals surface area contributed by atoms with Gasteiger partial charge in [0.15, 0.2) is 0 Å². The number of aryl methyl sites for hydroxylation is 2. The van der Waals surface area contributed by atoms with Crippen molar-refractivity contribution in [2.75, 3.05) is 19.7 Å². The summed E-state index contributed by atoms with van der Waals surface area (Å²) in [4.78, 5) is 14.4. The van der Waals surface area contributed by atoms with E-state index in [2.05, 4.69) is 34.9 Å². The molecule has 1 atom stereocenters. The molecule has 1 amide bonds. The normalized spacial score (nSPS) is 17.2. The Morgan fingerprint density at radius 3 is 2.80 bits per heavy atom. The van der Waals surface area contributed by atoms with E-state index in [1.165, 1.54) is 11.3 Å². The van der Waals surface area contributed by atoms with Gasteiger partial charge in [-0.25, -0.2) is 0 Å². The number of likely N-dealkylation sites (tertiary alicyclic amines) is 1. The van der Waals surface area contributed by atoms with Gasteiger partial charge in [0, 0.05) is 31.8 Å². The smallest absolute Gasteiger partial charge is 0.222 e. The van der Waals surface area contributed by atoms with Crippen molar-refractivity contribution in [3.05, 3.63) is 53.3 Å². The third-order valence-corrected chi connectivity index (χ3v) is 4.70. The van der Waals surface area contributed by atoms with Crippen LogP contribution in [0.25, 0.3) is 0 Å². The molecule has 2 heterocycles. The number of aromatic nitrogens is 2. The lowest BCUT2D eigenvalue weighted by atomic mass is 10.2. The zero-order valence-electron chi connectivity index (χ0n) is 15.1. The van der Waals surface area contributed by atoms with E-state index in [9.17, 15) is 4.79 Å². The maximum Gasteiger partial charge on any atom is 0.222 e. The topological polar surface area (TPSA) is 47.4 Å². The van der Waals surface area contributed by atoms with Crippen LogP contribution >= 0.6 is 0 Å². The number of benzene rings is 1. The lowest BCUT2D eigenvalue weighted by Crippen LogP contribution is -2.29. The molecule has 0 bridgehead atoms. The third-order valence-electron chi connectivity index (χ3n) is 4.70. The van der Waals surface area contributed by atoms with Crippen LogP contribution in [0.4, 0.5) is 0 Å². The molecule has 1 saturated heterocycles. The second kappa shape index (κ2) is 8.30. The van der Waals surface area contributed by atoms with Crippen molar-refractivity contribution in [3.63, 3.8) is 0 Å². The van der Waals surface area contributed by atoms with Crippen molar-refractivity contribution in [1.82, 2.24) is 14.7 Å². The molecule has 5 heteroatoms. The molecule has 1 aromatic heterocycles. The predicted octanol–water partition coefficient (Wildman–Crippen LogP) is 3.27. The van der Waals surface area contributed by atoms with Crippen LogP contribution in [0, 0.1) is 13.8 Å². The van der Waals surface area contributed by atoms with Crippen molar-refractivity contribution < 1.29 is 9.53 Å². The zero-order valence-corrected chi connectivity index (χ0v) is 15.1. The molecule has 0 spiro atoms. The fourth-order valence-electron chi connectivity index (χ4n) is 3.43. The lowest BCUT2D eigenvalue weighted by molar-refractivity contribution is -0.130. The van der Waals surface area contributed by atoms with E-state index < -0.39 is 0 Å². The second-order valence-electron chi connectivity index (χ2n) is 6.80. The Morgan fingerprint density at radius 1 is 1.28 bits per heavy atom. The molecular weight excluding hydrogens is 314 g/mol. The summed E-state index contributed by atoms with van der Waals surface area (Å²) < 4.78 is 7.73. The van der Waals surface area contributed by atoms with Crippen molar-refractivity contribution in [1.29, 1.82) is 0 Å². The van der Waals surface area contributed by atoms with E-state index in [1.807, 2.05) is 30.0 Å². The van der Waals surface area contributed by atoms with Gasteiger partial charge in [-0.1, -0.05) is 30.3 Å². The van der Waals surface area contributed by atoms with Crippen LogP contribution in [-0.2, 0) is 16.1 Å². The van der Waals surface area contributed by atoms with E-state index in [-0.39, 0.29) is 5.91 Å². The first-order valence-electron chi connectivity index (χ1n) is 9.05. The van der Waals surface area contributed by atoms with E-state index in [4.69, 9.17) is 4.74 Å². The molecule has 1 aromatic carbocycles. The Hall–Kier alpha value is -2.14. The van der Waals surface area contributed by atoms with Crippen LogP contribution in [0.5, 0.6) is 0 Å². The average Bonchev–Trinajstić information content (AvgIpc) is 3.21. The number of amides is 1. The lowest BCUT2D eigenvalue weighted by Gasteiger charge is -2.17. The molecule has 0 aliphatic carbocycles. The van der Waals surface area contributed by atoms with Crippen LogP contribution in [0.15, 0.2) is 36.4 Å². The van der Waals surface area contributed by atoms with Gasteiger partial charge in [-0.3, -0.25) is 9.48 Å². The molecule has 2 aromatic rings. The van der Waals surface area contributed by atoms with E-state index in [0.29, 0.717) is 25.7 Å². The van der Waals surface area contributed by atoms with Gasteiger partial charge in [-0.15, -0.1) is 0 Å². The molecule has 0 unspecified atom stereocenters. The van der Waals surface area contributed by atoms with E-state index >= 15 is 0 Å². The number of hydrogen-bond donors (Lipinski definition) is 0. The summed E-state index contributed by atoms with van der Waals surface area (Å²) in [6.07, 6.45) is 2.31. The average molecular weight is 341 g/mol. The van der Waals surface area contributed by atoms with Crippen molar-refractivity contribution in [2.45, 2.75) is 45.8 Å². The molecule has 0 N–H and O–H groups in total. The molecule has 1 aliphatic rings. The molecule has 0 radical (unpaired) electrons. The van der Waals surface area contributed by atoms with E-state index in [1.54, 1.807) is 0 Å². The molecule has 1 aliphatic heterocycles. The minimum Gasteiger partial charge on any atom is -0.377 e. The maximum atomic E-state index is 12.4. The predicted molar refractivity (Wildman–Crippen MR) is 97.3 cm³/mol. The molecule has 1 fully saturated rings. The Labute approximate surface area is 149 Å². The summed E-state index contributed by atoms with van der Waals surface area (Å²) in [5, 5.41) is 4.56. The first-order chi connectivity index (χ1) is 12.1. The standard InChI is InChI=1S/C20H27N3O2/c1-16-13-17(2)23(21-16)19-10-11-22(14-19)20(24)9-6-12-25-15-18-7-4-3-5-8-18/h3-5,7-8,13,19H,6,9-12,14-15H2,1-2H3/t19-/m1/s1. The Morgan fingerprint density at radius 2 is 2.08 bits per heavy atom. The summed E-state index contributed by atoms with van der Waals surface area (Å²) in [6, 6.07) is 12.5. The molecule has 5 nitrogen and oxygen atoms in total. The fraction of sp³-hybridized carbons (Fsp3) is 0.500. The van der Waals surface area contributed by atoms with Gasteiger partial charge in [0.05, 0.1) is 18.3 Å². The minimum atomic E-state index is 0.229. The monoisotopic (exact) mass is 341 g/mol. The Balaban J connectivity index is 1.37. The van der Waals surface area contributed by atoms with Crippen LogP contribution in [0.2, 0.25) is 0 Å². The van der Waals surface area contributed by atoms with E-state index in [0.717, 1.165) is 31.6 Å². The van der Waals surface area contributed by atoms with Gasteiger partial charge in [0.25, 0.3) is 0 Å². The van der Waals surface area contributed by atoms with Crippen LogP contribution in [0.3, 0.4) is 0 Å². The first-order valence-corrected chi connectivity index (χ1v) is 9.05. The van der Waals surface area contributed by atoms with Gasteiger partial charge in [-0.2, -0.15) is 5.10 Å². The Bertz CT molecular complexity index is 696. The summed E-state index contributed by atoms with van der Waals surface area (Å²) >= 11 is 0. The van der Waals surface area contributed by atoms with Gasteiger partial charge >= 0.3 is 0 Å². The highest BCUT2D eigenvalue weighted by Gasteiger charge is 2.28. The minimum absolute atomic E-state index is 0.229. The summed E-state index contributed by atoms with van der Waals surface area (Å²) in [5.74, 6) is 0.229. The van der Waals surface area contributed by atoms with Crippen molar-refractivity contribution in [2.24, 2.45) is 0 Å². The number of hydrogen-bond acceptors (Lipinski definition) is 3. The quantitative estimate of drug-likeness (QED) is 0.726. The largest absolute Gasteiger partial charge is 0.377 e. The number of rotatable bonds is 7. The first kappa shape index (κ1) is 17.7. The van der Waals surface area contributed by atoms with Crippen LogP contribution in [-0.4, -0.2) is 40.3 Å². The fourth-order valence-corrected chi connectivity index (χ4v) is 3.43. The third kappa shape index (κ3) is 4.69. The molecule has 3 rings (SSSR count). The van der Waals surface area contributed by atoms with Crippen molar-refractivity contribution in [3.8, 4) is 0 Å². The second-order valence-corrected chi connectivity index (χ2v) is 6.80. The van der Waals surface area contributed by atoms with Gasteiger partial charge in [-0.05, 0) is 38.3 Å². The summed E-state index contributed by atoms with van der Waals surface area (Å²) in [6.45, 7) is 6.91. The molecule has 0 saturated carbocycles. The van der Waals surface area contributed by atoms with Gasteiger partial charge in [0.2, 0.25) is 5.91 Å². The summed E-state index contributed by atoms with van der Waals surface area (Å²) in [5.41, 5.74) is 3.38. The Kier molecular flexibility index (Phi) is 5.87. The van der Waals surface area contributed by atoms with Gasteiger partial charge in [0.1, 0.15) is 0 Å². The van der Waals surface area contributed by atoms with Gasteiger partial charge < -0.3 is 9.64 Å². The number of carbonyl (C=O) groups excluding carboxylic acids is 1. The number of ether oxygens (including phenoxy) is 1. The zero-order chi connectivity index (χ0) is 17.6. The highest BCUT2D eigenvalue weighted by atomic mass is 16.5. The van der Waals surface area contributed by atoms with Crippen molar-refractivity contribution >= 4 is 5.91 Å². The molecule has 134 valence electrons. The number of carbonyl (C=O) groups is 1. The summed E-state index contributed by atoms with van der Waals surface area (Å²) in [7, 11) is 0. The van der Waals surface area contributed by atoms with Crippen LogP contribution < -0.4 is 0 Å². The molecule has 25 heavy (non-hydrogen) atoms. The maximum absolute atomic E-state index is 12.4. The molecular formula is C20H27N3O2. The highest BCUT2D eigenvalue weighted by Crippen LogP contribution is 2.23. The highest BCUT2D eigenvalue weighted by molar-refractivity contribution is 5.76. The van der Waals surface area contributed by atoms with Crippen LogP contribution in [0.1, 0.15) is 42.3 Å².